The lowest BCUT2D eigenvalue weighted by Crippen LogP contribution is -2.36. The molecule has 6 rings (SSSR count). The molecular formula is C35H35N5O3. The molecule has 2 aromatic carbocycles. The van der Waals surface area contributed by atoms with Gasteiger partial charge in [-0.25, -0.2) is 4.98 Å². The fourth-order valence-electron chi connectivity index (χ4n) is 5.69. The zero-order valence-electron chi connectivity index (χ0n) is 24.5. The first-order valence-corrected chi connectivity index (χ1v) is 14.6. The van der Waals surface area contributed by atoms with Gasteiger partial charge in [0.2, 0.25) is 11.8 Å². The van der Waals surface area contributed by atoms with Crippen molar-refractivity contribution in [3.05, 3.63) is 131 Å². The Morgan fingerprint density at radius 2 is 1.88 bits per heavy atom. The molecule has 8 nitrogen and oxygen atoms in total. The second kappa shape index (κ2) is 12.9. The molecule has 0 aliphatic heterocycles. The lowest BCUT2D eigenvalue weighted by molar-refractivity contribution is -0.120. The molecule has 1 unspecified atom stereocenters. The number of methoxy groups -OCH3 is 1. The van der Waals surface area contributed by atoms with Gasteiger partial charge in [-0.2, -0.15) is 5.10 Å². The van der Waals surface area contributed by atoms with Gasteiger partial charge >= 0.3 is 0 Å². The molecule has 3 heterocycles. The van der Waals surface area contributed by atoms with Crippen LogP contribution >= 0.6 is 0 Å². The molecule has 0 bridgehead atoms. The second-order valence-electron chi connectivity index (χ2n) is 10.9. The minimum atomic E-state index is -0.294. The molecule has 1 aliphatic carbocycles. The zero-order valence-corrected chi connectivity index (χ0v) is 24.5. The number of aromatic nitrogens is 4. The number of fused-ring (bicyclic) bond motifs is 1. The highest BCUT2D eigenvalue weighted by Crippen LogP contribution is 2.39. The predicted octanol–water partition coefficient (Wildman–Crippen LogP) is 6.27. The molecule has 0 saturated carbocycles. The van der Waals surface area contributed by atoms with Crippen molar-refractivity contribution in [1.29, 1.82) is 0 Å². The van der Waals surface area contributed by atoms with Crippen molar-refractivity contribution in [3.8, 4) is 11.6 Å². The van der Waals surface area contributed by atoms with Gasteiger partial charge in [0, 0.05) is 24.0 Å². The van der Waals surface area contributed by atoms with Gasteiger partial charge in [-0.3, -0.25) is 14.5 Å². The van der Waals surface area contributed by atoms with Gasteiger partial charge in [0.05, 0.1) is 49.9 Å². The number of hydrogen-bond donors (Lipinski definition) is 0. The maximum absolute atomic E-state index is 14.4. The van der Waals surface area contributed by atoms with Gasteiger partial charge < -0.3 is 14.4 Å². The van der Waals surface area contributed by atoms with E-state index in [9.17, 15) is 4.79 Å². The molecule has 5 aromatic rings. The Morgan fingerprint density at radius 1 is 1.00 bits per heavy atom. The van der Waals surface area contributed by atoms with E-state index in [0.717, 1.165) is 58.5 Å². The standard InChI is InChI=1S/C35H35N5O3/c1-25-16-17-36-28(18-25)23-39-21-27(19-38-39)22-40(29-14-15-34(42-2)37-20-29)35(41)32-12-6-11-31-30(32)10-7-13-33(31)43-24-26-8-4-3-5-9-26/h3-5,7-10,13-21,32H,6,11-12,22-24H2,1-2H3. The van der Waals surface area contributed by atoms with Crippen LogP contribution in [0.15, 0.2) is 97.6 Å². The van der Waals surface area contributed by atoms with E-state index in [4.69, 9.17) is 9.47 Å². The van der Waals surface area contributed by atoms with E-state index in [2.05, 4.69) is 39.3 Å². The second-order valence-corrected chi connectivity index (χ2v) is 10.9. The molecule has 1 atom stereocenters. The monoisotopic (exact) mass is 573 g/mol. The average Bonchev–Trinajstić information content (AvgIpc) is 3.49. The van der Waals surface area contributed by atoms with Crippen LogP contribution in [-0.2, 0) is 30.9 Å². The molecule has 0 radical (unpaired) electrons. The Hall–Kier alpha value is -4.98. The predicted molar refractivity (Wildman–Crippen MR) is 165 cm³/mol. The number of carbonyl (C=O) groups excluding carboxylic acids is 1. The molecule has 43 heavy (non-hydrogen) atoms. The number of nitrogens with zero attached hydrogens (tertiary/aromatic N) is 5. The van der Waals surface area contributed by atoms with Gasteiger partial charge in [0.15, 0.2) is 0 Å². The van der Waals surface area contributed by atoms with E-state index >= 15 is 0 Å². The van der Waals surface area contributed by atoms with E-state index in [-0.39, 0.29) is 11.8 Å². The summed E-state index contributed by atoms with van der Waals surface area (Å²) in [6.45, 7) is 3.46. The molecule has 3 aromatic heterocycles. The number of ether oxygens (including phenoxy) is 2. The molecule has 0 fully saturated rings. The smallest absolute Gasteiger partial charge is 0.234 e. The van der Waals surface area contributed by atoms with E-state index < -0.39 is 0 Å². The number of rotatable bonds is 10. The van der Waals surface area contributed by atoms with Crippen molar-refractivity contribution in [2.24, 2.45) is 0 Å². The quantitative estimate of drug-likeness (QED) is 0.196. The number of carbonyl (C=O) groups is 1. The van der Waals surface area contributed by atoms with E-state index in [1.165, 1.54) is 0 Å². The van der Waals surface area contributed by atoms with Crippen LogP contribution < -0.4 is 14.4 Å². The van der Waals surface area contributed by atoms with Crippen molar-refractivity contribution in [1.82, 2.24) is 19.7 Å². The van der Waals surface area contributed by atoms with Crippen LogP contribution in [-0.4, -0.2) is 32.8 Å². The third kappa shape index (κ3) is 6.59. The van der Waals surface area contributed by atoms with Gasteiger partial charge in [-0.15, -0.1) is 0 Å². The molecule has 1 amide bonds. The molecule has 0 N–H and O–H groups in total. The van der Waals surface area contributed by atoms with Crippen LogP contribution in [0.1, 0.15) is 52.3 Å². The molecule has 0 spiro atoms. The summed E-state index contributed by atoms with van der Waals surface area (Å²) in [5.41, 5.74) is 6.99. The number of pyridine rings is 2. The summed E-state index contributed by atoms with van der Waals surface area (Å²) in [5, 5.41) is 4.57. The summed E-state index contributed by atoms with van der Waals surface area (Å²) >= 11 is 0. The number of benzene rings is 2. The Bertz CT molecular complexity index is 1680. The van der Waals surface area contributed by atoms with Gasteiger partial charge in [0.25, 0.3) is 0 Å². The summed E-state index contributed by atoms with van der Waals surface area (Å²) in [4.78, 5) is 25.1. The lowest BCUT2D eigenvalue weighted by Gasteiger charge is -2.31. The highest BCUT2D eigenvalue weighted by atomic mass is 16.5. The number of aryl methyl sites for hydroxylation is 1. The van der Waals surface area contributed by atoms with Gasteiger partial charge in [0.1, 0.15) is 12.4 Å². The highest BCUT2D eigenvalue weighted by molar-refractivity contribution is 5.98. The molecule has 0 saturated heterocycles. The summed E-state index contributed by atoms with van der Waals surface area (Å²) < 4.78 is 13.4. The van der Waals surface area contributed by atoms with Gasteiger partial charge in [-0.05, 0) is 72.7 Å². The highest BCUT2D eigenvalue weighted by Gasteiger charge is 2.32. The molecule has 218 valence electrons. The third-order valence-electron chi connectivity index (χ3n) is 7.83. The van der Waals surface area contributed by atoms with Crippen LogP contribution in [0.5, 0.6) is 11.6 Å². The minimum Gasteiger partial charge on any atom is -0.489 e. The largest absolute Gasteiger partial charge is 0.489 e. The Kier molecular flexibility index (Phi) is 8.45. The Morgan fingerprint density at radius 3 is 2.67 bits per heavy atom. The summed E-state index contributed by atoms with van der Waals surface area (Å²) in [6.07, 6.45) is 9.86. The zero-order chi connectivity index (χ0) is 29.6. The van der Waals surface area contributed by atoms with Crippen molar-refractivity contribution < 1.29 is 14.3 Å². The van der Waals surface area contributed by atoms with Crippen molar-refractivity contribution >= 4 is 11.6 Å². The van der Waals surface area contributed by atoms with Crippen molar-refractivity contribution in [2.75, 3.05) is 12.0 Å². The van der Waals surface area contributed by atoms with Gasteiger partial charge in [-0.1, -0.05) is 42.5 Å². The fourth-order valence-corrected chi connectivity index (χ4v) is 5.69. The maximum atomic E-state index is 14.4. The van der Waals surface area contributed by atoms with Crippen LogP contribution in [0.4, 0.5) is 5.69 Å². The van der Waals surface area contributed by atoms with Crippen LogP contribution in [0, 0.1) is 6.92 Å². The maximum Gasteiger partial charge on any atom is 0.234 e. The summed E-state index contributed by atoms with van der Waals surface area (Å²) in [6, 6.07) is 23.9. The first kappa shape index (κ1) is 28.2. The minimum absolute atomic E-state index is 0.0289. The fraction of sp³-hybridized carbons (Fsp3) is 0.257. The molecule has 8 heteroatoms. The van der Waals surface area contributed by atoms with E-state index in [1.807, 2.05) is 77.6 Å². The van der Waals surface area contributed by atoms with Crippen molar-refractivity contribution in [3.63, 3.8) is 0 Å². The van der Waals surface area contributed by atoms with E-state index in [0.29, 0.717) is 31.3 Å². The first-order chi connectivity index (χ1) is 21.1. The van der Waals surface area contributed by atoms with Crippen LogP contribution in [0.2, 0.25) is 0 Å². The Labute approximate surface area is 251 Å². The molecule has 1 aliphatic rings. The summed E-state index contributed by atoms with van der Waals surface area (Å²) in [5.74, 6) is 1.08. The SMILES string of the molecule is COc1ccc(N(Cc2cnn(Cc3cc(C)ccn3)c2)C(=O)C2CCCc3c(OCc4ccccc4)cccc32)cn1. The first-order valence-electron chi connectivity index (χ1n) is 14.6. The number of hydrogen-bond acceptors (Lipinski definition) is 6. The van der Waals surface area contributed by atoms with Crippen molar-refractivity contribution in [2.45, 2.75) is 51.8 Å². The van der Waals surface area contributed by atoms with E-state index in [1.54, 1.807) is 19.4 Å². The lowest BCUT2D eigenvalue weighted by atomic mass is 9.81. The third-order valence-corrected chi connectivity index (χ3v) is 7.83. The number of anilines is 1. The van der Waals surface area contributed by atoms with Crippen LogP contribution in [0.25, 0.3) is 0 Å². The average molecular weight is 574 g/mol. The number of amides is 1. The Balaban J connectivity index is 1.26. The molecular weight excluding hydrogens is 538 g/mol. The topological polar surface area (TPSA) is 82.4 Å². The summed E-state index contributed by atoms with van der Waals surface area (Å²) in [7, 11) is 1.58. The normalized spacial score (nSPS) is 14.1. The van der Waals surface area contributed by atoms with Crippen LogP contribution in [0.3, 0.4) is 0 Å².